The van der Waals surface area contributed by atoms with E-state index in [1.165, 1.54) is 18.0 Å². The van der Waals surface area contributed by atoms with Crippen LogP contribution in [0.1, 0.15) is 24.4 Å². The van der Waals surface area contributed by atoms with Crippen molar-refractivity contribution in [1.29, 1.82) is 0 Å². The number of hydrogen-bond donors (Lipinski definition) is 1. The van der Waals surface area contributed by atoms with Crippen LogP contribution in [0.15, 0.2) is 11.6 Å². The van der Waals surface area contributed by atoms with Gasteiger partial charge in [-0.05, 0) is 19.9 Å². The summed E-state index contributed by atoms with van der Waals surface area (Å²) in [7, 11) is 0. The fourth-order valence-electron chi connectivity index (χ4n) is 1.85. The Morgan fingerprint density at radius 2 is 2.43 bits per heavy atom. The van der Waals surface area contributed by atoms with E-state index in [2.05, 4.69) is 27.5 Å². The van der Waals surface area contributed by atoms with Crippen molar-refractivity contribution in [3.8, 4) is 0 Å². The summed E-state index contributed by atoms with van der Waals surface area (Å²) in [5.74, 6) is 0. The van der Waals surface area contributed by atoms with E-state index in [0.717, 1.165) is 19.6 Å². The highest BCUT2D eigenvalue weighted by atomic mass is 32.1. The minimum atomic E-state index is 0.481. The Labute approximate surface area is 89.1 Å². The molecule has 0 saturated carbocycles. The molecule has 4 heteroatoms. The lowest BCUT2D eigenvalue weighted by Crippen LogP contribution is -2.30. The van der Waals surface area contributed by atoms with Gasteiger partial charge in [-0.2, -0.15) is 0 Å². The third-order valence-electron chi connectivity index (χ3n) is 2.73. The number of nitrogens with one attached hydrogen (secondary N) is 1. The van der Waals surface area contributed by atoms with E-state index < -0.39 is 0 Å². The van der Waals surface area contributed by atoms with Gasteiger partial charge >= 0.3 is 0 Å². The monoisotopic (exact) mass is 211 g/mol. The van der Waals surface area contributed by atoms with Crippen LogP contribution in [-0.4, -0.2) is 36.1 Å². The van der Waals surface area contributed by atoms with Crippen molar-refractivity contribution >= 4 is 11.3 Å². The Kier molecular flexibility index (Phi) is 3.50. The molecule has 0 radical (unpaired) electrons. The summed E-state index contributed by atoms with van der Waals surface area (Å²) in [5, 5.41) is 6.72. The second kappa shape index (κ2) is 4.87. The first-order valence-corrected chi connectivity index (χ1v) is 6.10. The Balaban J connectivity index is 1.99. The van der Waals surface area contributed by atoms with Crippen molar-refractivity contribution in [1.82, 2.24) is 15.2 Å². The van der Waals surface area contributed by atoms with Gasteiger partial charge in [-0.1, -0.05) is 0 Å². The minimum absolute atomic E-state index is 0.481. The van der Waals surface area contributed by atoms with Gasteiger partial charge in [0.05, 0.1) is 6.04 Å². The Bertz CT molecular complexity index is 252. The quantitative estimate of drug-likeness (QED) is 0.803. The van der Waals surface area contributed by atoms with Gasteiger partial charge < -0.3 is 5.32 Å². The van der Waals surface area contributed by atoms with Crippen LogP contribution >= 0.6 is 11.3 Å². The molecular weight excluding hydrogens is 194 g/mol. The zero-order chi connectivity index (χ0) is 9.80. The van der Waals surface area contributed by atoms with Crippen molar-refractivity contribution in [2.24, 2.45) is 0 Å². The zero-order valence-electron chi connectivity index (χ0n) is 8.57. The maximum Gasteiger partial charge on any atom is 0.109 e. The molecule has 0 aliphatic carbocycles. The predicted octanol–water partition coefficient (Wildman–Crippen LogP) is 1.50. The molecular formula is C10H17N3S. The lowest BCUT2D eigenvalue weighted by molar-refractivity contribution is 0.225. The lowest BCUT2D eigenvalue weighted by atomic mass is 10.2. The predicted molar refractivity (Wildman–Crippen MR) is 59.6 cm³/mol. The van der Waals surface area contributed by atoms with E-state index in [9.17, 15) is 0 Å². The zero-order valence-corrected chi connectivity index (χ0v) is 9.39. The highest BCUT2D eigenvalue weighted by Gasteiger charge is 2.18. The van der Waals surface area contributed by atoms with E-state index in [4.69, 9.17) is 0 Å². The fourth-order valence-corrected chi connectivity index (χ4v) is 2.58. The van der Waals surface area contributed by atoms with E-state index >= 15 is 0 Å². The van der Waals surface area contributed by atoms with Gasteiger partial charge in [0.2, 0.25) is 0 Å². The molecule has 78 valence electrons. The summed E-state index contributed by atoms with van der Waals surface area (Å²) in [4.78, 5) is 6.89. The molecule has 0 spiro atoms. The van der Waals surface area contributed by atoms with Gasteiger partial charge in [0.1, 0.15) is 5.01 Å². The van der Waals surface area contributed by atoms with Crippen LogP contribution in [0.25, 0.3) is 0 Å². The van der Waals surface area contributed by atoms with Crippen LogP contribution < -0.4 is 5.32 Å². The maximum absolute atomic E-state index is 4.38. The summed E-state index contributed by atoms with van der Waals surface area (Å²) in [6.07, 6.45) is 3.14. The molecule has 2 heterocycles. The molecule has 3 nitrogen and oxygen atoms in total. The van der Waals surface area contributed by atoms with Gasteiger partial charge in [0.15, 0.2) is 0 Å². The molecule has 1 aromatic heterocycles. The third kappa shape index (κ3) is 2.32. The van der Waals surface area contributed by atoms with Crippen molar-refractivity contribution < 1.29 is 0 Å². The molecule has 0 bridgehead atoms. The number of nitrogens with zero attached hydrogens (tertiary/aromatic N) is 2. The maximum atomic E-state index is 4.38. The normalized spacial score (nSPS) is 21.8. The summed E-state index contributed by atoms with van der Waals surface area (Å²) in [5.41, 5.74) is 0. The second-order valence-corrected chi connectivity index (χ2v) is 4.61. The first-order chi connectivity index (χ1) is 6.88. The van der Waals surface area contributed by atoms with Crippen LogP contribution in [0.5, 0.6) is 0 Å². The highest BCUT2D eigenvalue weighted by Crippen LogP contribution is 2.22. The van der Waals surface area contributed by atoms with Crippen LogP contribution in [0.2, 0.25) is 0 Å². The molecule has 1 unspecified atom stereocenters. The molecule has 1 N–H and O–H groups in total. The summed E-state index contributed by atoms with van der Waals surface area (Å²) < 4.78 is 0. The van der Waals surface area contributed by atoms with Crippen molar-refractivity contribution in [2.45, 2.75) is 19.4 Å². The number of hydrogen-bond acceptors (Lipinski definition) is 4. The first-order valence-electron chi connectivity index (χ1n) is 5.22. The van der Waals surface area contributed by atoms with Gasteiger partial charge in [-0.15, -0.1) is 11.3 Å². The summed E-state index contributed by atoms with van der Waals surface area (Å²) >= 11 is 1.76. The van der Waals surface area contributed by atoms with Crippen LogP contribution in [0, 0.1) is 0 Å². The van der Waals surface area contributed by atoms with Gasteiger partial charge in [0, 0.05) is 31.2 Å². The average molecular weight is 211 g/mol. The molecule has 1 aliphatic heterocycles. The molecule has 1 fully saturated rings. The Hall–Kier alpha value is -0.450. The summed E-state index contributed by atoms with van der Waals surface area (Å²) in [6, 6.07) is 0.481. The number of rotatable bonds is 2. The summed E-state index contributed by atoms with van der Waals surface area (Å²) in [6.45, 7) is 6.84. The first kappa shape index (κ1) is 10.1. The molecule has 1 aliphatic rings. The standard InChI is InChI=1S/C10H17N3S/c1-9(10-12-5-8-14-10)13-6-2-3-11-4-7-13/h5,8-9,11H,2-4,6-7H2,1H3. The Morgan fingerprint density at radius 3 is 3.21 bits per heavy atom. The van der Waals surface area contributed by atoms with Crippen molar-refractivity contribution in [3.63, 3.8) is 0 Å². The molecule has 2 rings (SSSR count). The van der Waals surface area contributed by atoms with Crippen LogP contribution in [0.3, 0.4) is 0 Å². The van der Waals surface area contributed by atoms with E-state index in [0.29, 0.717) is 6.04 Å². The smallest absolute Gasteiger partial charge is 0.109 e. The van der Waals surface area contributed by atoms with Gasteiger partial charge in [0.25, 0.3) is 0 Å². The molecule has 0 amide bonds. The van der Waals surface area contributed by atoms with Crippen molar-refractivity contribution in [3.05, 3.63) is 16.6 Å². The van der Waals surface area contributed by atoms with Gasteiger partial charge in [-0.25, -0.2) is 4.98 Å². The molecule has 14 heavy (non-hydrogen) atoms. The fraction of sp³-hybridized carbons (Fsp3) is 0.700. The number of thiazole rings is 1. The Morgan fingerprint density at radius 1 is 1.50 bits per heavy atom. The lowest BCUT2D eigenvalue weighted by Gasteiger charge is -2.25. The molecule has 1 aromatic rings. The number of aromatic nitrogens is 1. The molecule has 1 atom stereocenters. The second-order valence-electron chi connectivity index (χ2n) is 3.69. The highest BCUT2D eigenvalue weighted by molar-refractivity contribution is 7.09. The SMILES string of the molecule is CC(c1nccs1)N1CCCNCC1. The van der Waals surface area contributed by atoms with Crippen molar-refractivity contribution in [2.75, 3.05) is 26.2 Å². The molecule has 0 aromatic carbocycles. The molecule has 1 saturated heterocycles. The minimum Gasteiger partial charge on any atom is -0.315 e. The topological polar surface area (TPSA) is 28.2 Å². The van der Waals surface area contributed by atoms with E-state index in [1.54, 1.807) is 11.3 Å². The van der Waals surface area contributed by atoms with Gasteiger partial charge in [-0.3, -0.25) is 4.90 Å². The van der Waals surface area contributed by atoms with E-state index in [-0.39, 0.29) is 0 Å². The van der Waals surface area contributed by atoms with E-state index in [1.807, 2.05) is 6.20 Å². The third-order valence-corrected chi connectivity index (χ3v) is 3.68. The van der Waals surface area contributed by atoms with Crippen LogP contribution in [0.4, 0.5) is 0 Å². The largest absolute Gasteiger partial charge is 0.315 e. The average Bonchev–Trinajstić information content (AvgIpc) is 2.59. The van der Waals surface area contributed by atoms with Crippen LogP contribution in [-0.2, 0) is 0 Å².